The van der Waals surface area contributed by atoms with Crippen LogP contribution in [0.5, 0.6) is 0 Å². The van der Waals surface area contributed by atoms with Crippen molar-refractivity contribution in [1.82, 2.24) is 30.2 Å². The van der Waals surface area contributed by atoms with Crippen LogP contribution < -0.4 is 16.4 Å². The number of fused-ring (bicyclic) bond motifs is 1. The summed E-state index contributed by atoms with van der Waals surface area (Å²) in [5, 5.41) is 14.6. The molecule has 4 heterocycles. The number of pyridine rings is 1. The van der Waals surface area contributed by atoms with Gasteiger partial charge in [-0.25, -0.2) is 14.6 Å². The first-order chi connectivity index (χ1) is 12.3. The summed E-state index contributed by atoms with van der Waals surface area (Å²) in [7, 11) is 0. The SMILES string of the molecule is CCn1c(-c2nonc2N)nc2nccc(NCC3CCCCN3)c21. The highest BCUT2D eigenvalue weighted by atomic mass is 16.6. The number of imidazole rings is 1. The van der Waals surface area contributed by atoms with Crippen LogP contribution in [0.25, 0.3) is 22.7 Å². The molecule has 0 radical (unpaired) electrons. The van der Waals surface area contributed by atoms with Crippen molar-refractivity contribution in [3.63, 3.8) is 0 Å². The summed E-state index contributed by atoms with van der Waals surface area (Å²) >= 11 is 0. The monoisotopic (exact) mass is 342 g/mol. The van der Waals surface area contributed by atoms with Crippen molar-refractivity contribution in [3.05, 3.63) is 12.3 Å². The van der Waals surface area contributed by atoms with Crippen molar-refractivity contribution in [2.45, 2.75) is 38.8 Å². The molecule has 0 aromatic carbocycles. The van der Waals surface area contributed by atoms with Crippen molar-refractivity contribution in [1.29, 1.82) is 0 Å². The Balaban J connectivity index is 1.70. The van der Waals surface area contributed by atoms with Crippen LogP contribution in [0.1, 0.15) is 26.2 Å². The van der Waals surface area contributed by atoms with E-state index < -0.39 is 0 Å². The fourth-order valence-corrected chi connectivity index (χ4v) is 3.37. The van der Waals surface area contributed by atoms with Crippen LogP contribution in [0, 0.1) is 0 Å². The zero-order chi connectivity index (χ0) is 17.2. The predicted octanol–water partition coefficient (Wildman–Crippen LogP) is 1.64. The number of nitrogens with one attached hydrogen (secondary N) is 2. The second-order valence-electron chi connectivity index (χ2n) is 6.24. The lowest BCUT2D eigenvalue weighted by molar-refractivity contribution is 0.310. The van der Waals surface area contributed by atoms with Gasteiger partial charge in [-0.2, -0.15) is 0 Å². The Morgan fingerprint density at radius 1 is 1.40 bits per heavy atom. The molecule has 3 aromatic rings. The topological polar surface area (TPSA) is 120 Å². The first-order valence-electron chi connectivity index (χ1n) is 8.68. The molecule has 4 N–H and O–H groups in total. The van der Waals surface area contributed by atoms with E-state index in [1.807, 2.05) is 17.6 Å². The molecule has 9 nitrogen and oxygen atoms in total. The molecular weight excluding hydrogens is 320 g/mol. The van der Waals surface area contributed by atoms with Crippen molar-refractivity contribution in [2.75, 3.05) is 24.1 Å². The van der Waals surface area contributed by atoms with Gasteiger partial charge in [-0.05, 0) is 42.7 Å². The number of piperidine rings is 1. The van der Waals surface area contributed by atoms with Gasteiger partial charge in [0.15, 0.2) is 23.0 Å². The average Bonchev–Trinajstić information content (AvgIpc) is 3.23. The third-order valence-corrected chi connectivity index (χ3v) is 4.64. The Morgan fingerprint density at radius 3 is 3.04 bits per heavy atom. The molecule has 25 heavy (non-hydrogen) atoms. The number of nitrogens with two attached hydrogens (primary N) is 1. The number of rotatable bonds is 5. The number of aryl methyl sites for hydroxylation is 1. The van der Waals surface area contributed by atoms with Gasteiger partial charge in [0.05, 0.1) is 5.69 Å². The summed E-state index contributed by atoms with van der Waals surface area (Å²) in [6, 6.07) is 2.47. The van der Waals surface area contributed by atoms with Crippen LogP contribution in [0.3, 0.4) is 0 Å². The number of nitrogen functional groups attached to an aromatic ring is 1. The predicted molar refractivity (Wildman–Crippen MR) is 95.0 cm³/mol. The first-order valence-corrected chi connectivity index (χ1v) is 8.68. The highest BCUT2D eigenvalue weighted by molar-refractivity contribution is 5.89. The maximum absolute atomic E-state index is 5.85. The van der Waals surface area contributed by atoms with Crippen molar-refractivity contribution in [2.24, 2.45) is 0 Å². The highest BCUT2D eigenvalue weighted by Gasteiger charge is 2.21. The number of hydrogen-bond acceptors (Lipinski definition) is 8. The Kier molecular flexibility index (Phi) is 4.22. The Hall–Kier alpha value is -2.68. The molecule has 0 aliphatic carbocycles. The molecule has 132 valence electrons. The minimum atomic E-state index is 0.228. The smallest absolute Gasteiger partial charge is 0.199 e. The van der Waals surface area contributed by atoms with E-state index in [-0.39, 0.29) is 5.82 Å². The minimum Gasteiger partial charge on any atom is -0.382 e. The lowest BCUT2D eigenvalue weighted by atomic mass is 10.1. The van der Waals surface area contributed by atoms with Gasteiger partial charge >= 0.3 is 0 Å². The molecule has 1 saturated heterocycles. The maximum Gasteiger partial charge on any atom is 0.199 e. The molecular formula is C16H22N8O. The van der Waals surface area contributed by atoms with E-state index >= 15 is 0 Å². The Labute approximate surface area is 145 Å². The first kappa shape index (κ1) is 15.8. The molecule has 3 aromatic heterocycles. The summed E-state index contributed by atoms with van der Waals surface area (Å²) in [5.41, 5.74) is 8.90. The van der Waals surface area contributed by atoms with Crippen LogP contribution >= 0.6 is 0 Å². The van der Waals surface area contributed by atoms with E-state index in [0.717, 1.165) is 24.3 Å². The van der Waals surface area contributed by atoms with E-state index in [1.54, 1.807) is 6.20 Å². The van der Waals surface area contributed by atoms with Crippen LogP contribution in [0.15, 0.2) is 16.9 Å². The zero-order valence-electron chi connectivity index (χ0n) is 14.2. The average molecular weight is 342 g/mol. The maximum atomic E-state index is 5.85. The van der Waals surface area contributed by atoms with Gasteiger partial charge < -0.3 is 20.9 Å². The molecule has 1 aliphatic rings. The standard InChI is InChI=1S/C16H22N8O/c1-2-24-13-11(20-9-10-5-3-4-7-18-10)6-8-19-15(13)21-16(24)12-14(17)23-25-22-12/h6,8,10,18H,2-5,7,9H2,1H3,(H2,17,23)(H,19,20). The molecule has 4 rings (SSSR count). The van der Waals surface area contributed by atoms with Gasteiger partial charge in [0.2, 0.25) is 0 Å². The third kappa shape index (κ3) is 2.91. The summed E-state index contributed by atoms with van der Waals surface area (Å²) in [5.74, 6) is 0.847. The van der Waals surface area contributed by atoms with Crippen LogP contribution in [0.4, 0.5) is 11.5 Å². The van der Waals surface area contributed by atoms with E-state index in [4.69, 9.17) is 10.4 Å². The van der Waals surface area contributed by atoms with Crippen LogP contribution in [0.2, 0.25) is 0 Å². The van der Waals surface area contributed by atoms with Crippen molar-refractivity contribution >= 4 is 22.7 Å². The lowest BCUT2D eigenvalue weighted by Gasteiger charge is -2.24. The molecule has 0 amide bonds. The van der Waals surface area contributed by atoms with Crippen molar-refractivity contribution in [3.8, 4) is 11.5 Å². The van der Waals surface area contributed by atoms with Crippen molar-refractivity contribution < 1.29 is 4.63 Å². The summed E-state index contributed by atoms with van der Waals surface area (Å²) in [6.07, 6.45) is 5.50. The van der Waals surface area contributed by atoms with Crippen LogP contribution in [-0.2, 0) is 6.54 Å². The zero-order valence-corrected chi connectivity index (χ0v) is 14.2. The van der Waals surface area contributed by atoms with Gasteiger partial charge in [-0.1, -0.05) is 6.42 Å². The van der Waals surface area contributed by atoms with Gasteiger partial charge in [0.25, 0.3) is 0 Å². The molecule has 1 unspecified atom stereocenters. The number of hydrogen-bond donors (Lipinski definition) is 3. The molecule has 9 heteroatoms. The number of nitrogens with zero attached hydrogens (tertiary/aromatic N) is 5. The molecule has 0 saturated carbocycles. The summed E-state index contributed by atoms with van der Waals surface area (Å²) < 4.78 is 6.77. The second kappa shape index (κ2) is 6.67. The Bertz CT molecular complexity index is 864. The molecule has 1 aliphatic heterocycles. The Morgan fingerprint density at radius 2 is 2.32 bits per heavy atom. The minimum absolute atomic E-state index is 0.228. The fraction of sp³-hybridized carbons (Fsp3) is 0.500. The van der Waals surface area contributed by atoms with Gasteiger partial charge in [-0.15, -0.1) is 0 Å². The largest absolute Gasteiger partial charge is 0.382 e. The number of anilines is 2. The normalized spacial score (nSPS) is 17.9. The van der Waals surface area contributed by atoms with E-state index in [9.17, 15) is 0 Å². The van der Waals surface area contributed by atoms with E-state index in [1.165, 1.54) is 19.3 Å². The quantitative estimate of drug-likeness (QED) is 0.640. The summed E-state index contributed by atoms with van der Waals surface area (Å²) in [6.45, 7) is 4.72. The second-order valence-corrected chi connectivity index (χ2v) is 6.24. The lowest BCUT2D eigenvalue weighted by Crippen LogP contribution is -2.39. The van der Waals surface area contributed by atoms with Crippen LogP contribution in [-0.4, -0.2) is 44.0 Å². The highest BCUT2D eigenvalue weighted by Crippen LogP contribution is 2.29. The molecule has 0 bridgehead atoms. The van der Waals surface area contributed by atoms with Gasteiger partial charge in [-0.3, -0.25) is 0 Å². The summed E-state index contributed by atoms with van der Waals surface area (Å²) in [4.78, 5) is 8.99. The van der Waals surface area contributed by atoms with E-state index in [2.05, 4.69) is 30.9 Å². The molecule has 0 spiro atoms. The third-order valence-electron chi connectivity index (χ3n) is 4.64. The molecule has 1 atom stereocenters. The number of aromatic nitrogens is 5. The van der Waals surface area contributed by atoms with E-state index in [0.29, 0.717) is 29.8 Å². The van der Waals surface area contributed by atoms with Gasteiger partial charge in [0, 0.05) is 25.3 Å². The molecule has 1 fully saturated rings. The van der Waals surface area contributed by atoms with Gasteiger partial charge in [0.1, 0.15) is 5.52 Å². The fourth-order valence-electron chi connectivity index (χ4n) is 3.37.